The minimum absolute atomic E-state index is 0.404. The molecule has 0 atom stereocenters. The molecule has 0 aliphatic carbocycles. The highest BCUT2D eigenvalue weighted by Crippen LogP contribution is 2.58. The summed E-state index contributed by atoms with van der Waals surface area (Å²) in [7, 11) is 0. The van der Waals surface area contributed by atoms with Gasteiger partial charge in [-0.15, -0.1) is 25.3 Å². The molecule has 0 fully saturated rings. The fraction of sp³-hybridized carbons (Fsp3) is 0.200. The Labute approximate surface area is 139 Å². The topological polar surface area (TPSA) is 0 Å². The SMILES string of the molecule is FC(F)(F)C(c1ccccc1S)(c1ccccc1S)C(F)(F)F. The van der Waals surface area contributed by atoms with Crippen molar-refractivity contribution in [3.05, 3.63) is 59.7 Å². The minimum atomic E-state index is -5.64. The van der Waals surface area contributed by atoms with Crippen LogP contribution in [0.1, 0.15) is 11.1 Å². The highest BCUT2D eigenvalue weighted by Gasteiger charge is 2.73. The fourth-order valence-electron chi connectivity index (χ4n) is 2.50. The molecule has 0 spiro atoms. The van der Waals surface area contributed by atoms with Crippen LogP contribution in [0.15, 0.2) is 58.3 Å². The lowest BCUT2D eigenvalue weighted by Crippen LogP contribution is -2.55. The van der Waals surface area contributed by atoms with Crippen LogP contribution >= 0.6 is 25.3 Å². The lowest BCUT2D eigenvalue weighted by molar-refractivity contribution is -0.290. The average Bonchev–Trinajstić information content (AvgIpc) is 2.40. The number of halogens is 6. The van der Waals surface area contributed by atoms with Crippen molar-refractivity contribution in [1.82, 2.24) is 0 Å². The maximum atomic E-state index is 13.8. The number of thiol groups is 2. The van der Waals surface area contributed by atoms with Gasteiger partial charge >= 0.3 is 12.4 Å². The molecule has 2 rings (SSSR count). The number of benzene rings is 2. The van der Waals surface area contributed by atoms with E-state index in [2.05, 4.69) is 25.3 Å². The molecule has 0 unspecified atom stereocenters. The van der Waals surface area contributed by atoms with Crippen molar-refractivity contribution in [2.75, 3.05) is 0 Å². The lowest BCUT2D eigenvalue weighted by Gasteiger charge is -2.39. The van der Waals surface area contributed by atoms with Gasteiger partial charge in [0.25, 0.3) is 0 Å². The van der Waals surface area contributed by atoms with Crippen LogP contribution in [-0.2, 0) is 5.41 Å². The van der Waals surface area contributed by atoms with Crippen LogP contribution in [0.2, 0.25) is 0 Å². The van der Waals surface area contributed by atoms with Gasteiger partial charge in [-0.3, -0.25) is 0 Å². The molecule has 0 bridgehead atoms. The van der Waals surface area contributed by atoms with E-state index in [4.69, 9.17) is 0 Å². The van der Waals surface area contributed by atoms with Gasteiger partial charge in [0.05, 0.1) is 0 Å². The Morgan fingerprint density at radius 1 is 0.565 bits per heavy atom. The third kappa shape index (κ3) is 2.82. The van der Waals surface area contributed by atoms with E-state index in [9.17, 15) is 26.3 Å². The van der Waals surface area contributed by atoms with Gasteiger partial charge in [0.2, 0.25) is 5.41 Å². The first-order chi connectivity index (χ1) is 10.5. The summed E-state index contributed by atoms with van der Waals surface area (Å²) in [6, 6.07) is 8.60. The van der Waals surface area contributed by atoms with Crippen molar-refractivity contribution in [3.8, 4) is 0 Å². The van der Waals surface area contributed by atoms with Crippen molar-refractivity contribution >= 4 is 25.3 Å². The summed E-state index contributed by atoms with van der Waals surface area (Å²) in [5.41, 5.74) is -6.17. The molecule has 0 aliphatic heterocycles. The van der Waals surface area contributed by atoms with Crippen molar-refractivity contribution in [2.24, 2.45) is 0 Å². The van der Waals surface area contributed by atoms with Crippen LogP contribution in [0.25, 0.3) is 0 Å². The Kier molecular flexibility index (Phi) is 4.69. The maximum absolute atomic E-state index is 13.8. The summed E-state index contributed by atoms with van der Waals surface area (Å²) in [6.07, 6.45) is -11.3. The van der Waals surface area contributed by atoms with Crippen molar-refractivity contribution in [3.63, 3.8) is 0 Å². The molecule has 0 nitrogen and oxygen atoms in total. The Morgan fingerprint density at radius 2 is 0.870 bits per heavy atom. The Bertz CT molecular complexity index is 644. The molecule has 0 amide bonds. The van der Waals surface area contributed by atoms with E-state index in [0.29, 0.717) is 0 Å². The third-order valence-corrected chi connectivity index (χ3v) is 4.25. The molecule has 0 radical (unpaired) electrons. The van der Waals surface area contributed by atoms with Crippen LogP contribution < -0.4 is 0 Å². The van der Waals surface area contributed by atoms with Gasteiger partial charge in [-0.25, -0.2) is 0 Å². The van der Waals surface area contributed by atoms with Gasteiger partial charge in [-0.05, 0) is 23.3 Å². The molecular formula is C15H10F6S2. The maximum Gasteiger partial charge on any atom is 0.411 e. The zero-order valence-electron chi connectivity index (χ0n) is 11.3. The second-order valence-corrected chi connectivity index (χ2v) is 5.74. The summed E-state index contributed by atoms with van der Waals surface area (Å²) in [5.74, 6) is 0. The van der Waals surface area contributed by atoms with Crippen LogP contribution in [0, 0.1) is 0 Å². The summed E-state index contributed by atoms with van der Waals surface area (Å²) in [6.45, 7) is 0. The van der Waals surface area contributed by atoms with Crippen molar-refractivity contribution in [2.45, 2.75) is 27.6 Å². The summed E-state index contributed by atoms with van der Waals surface area (Å²) in [4.78, 5) is -0.808. The van der Waals surface area contributed by atoms with E-state index in [-0.39, 0.29) is 0 Å². The second-order valence-electron chi connectivity index (χ2n) is 4.78. The lowest BCUT2D eigenvalue weighted by atomic mass is 9.73. The Morgan fingerprint density at radius 3 is 1.13 bits per heavy atom. The average molecular weight is 368 g/mol. The first-order valence-corrected chi connectivity index (χ1v) is 7.13. The molecule has 0 saturated heterocycles. The molecule has 23 heavy (non-hydrogen) atoms. The van der Waals surface area contributed by atoms with Crippen molar-refractivity contribution < 1.29 is 26.3 Å². The van der Waals surface area contributed by atoms with E-state index < -0.39 is 38.7 Å². The van der Waals surface area contributed by atoms with Gasteiger partial charge in [0.1, 0.15) is 0 Å². The molecule has 8 heteroatoms. The molecule has 0 saturated carbocycles. The van der Waals surface area contributed by atoms with Crippen LogP contribution in [0.3, 0.4) is 0 Å². The number of hydrogen-bond donors (Lipinski definition) is 2. The zero-order chi connectivity index (χ0) is 17.5. The minimum Gasteiger partial charge on any atom is -0.169 e. The molecule has 2 aromatic carbocycles. The van der Waals surface area contributed by atoms with E-state index in [1.165, 1.54) is 12.1 Å². The van der Waals surface area contributed by atoms with Crippen LogP contribution in [-0.4, -0.2) is 12.4 Å². The zero-order valence-corrected chi connectivity index (χ0v) is 13.1. The molecule has 124 valence electrons. The molecule has 0 N–H and O–H groups in total. The number of rotatable bonds is 2. The molecule has 2 aromatic rings. The largest absolute Gasteiger partial charge is 0.411 e. The number of alkyl halides is 6. The van der Waals surface area contributed by atoms with E-state index >= 15 is 0 Å². The van der Waals surface area contributed by atoms with Gasteiger partial charge in [-0.1, -0.05) is 36.4 Å². The highest BCUT2D eigenvalue weighted by molar-refractivity contribution is 7.80. The predicted molar refractivity (Wildman–Crippen MR) is 80.3 cm³/mol. The normalized spacial score (nSPS) is 13.2. The van der Waals surface area contributed by atoms with Crippen LogP contribution in [0.4, 0.5) is 26.3 Å². The Hall–Kier alpha value is -1.28. The van der Waals surface area contributed by atoms with Gasteiger partial charge in [-0.2, -0.15) is 26.3 Å². The Balaban J connectivity index is 3.01. The van der Waals surface area contributed by atoms with E-state index in [1.807, 2.05) is 0 Å². The highest BCUT2D eigenvalue weighted by atomic mass is 32.1. The second kappa shape index (κ2) is 5.98. The first-order valence-electron chi connectivity index (χ1n) is 6.24. The standard InChI is InChI=1S/C15H10F6S2/c16-14(17,18)13(15(19,20)21,9-5-1-3-7-11(9)22)10-6-2-4-8-12(10)23/h1-8,22-23H. The summed E-state index contributed by atoms with van der Waals surface area (Å²) in [5, 5.41) is 0. The summed E-state index contributed by atoms with van der Waals surface area (Å²) < 4.78 is 82.9. The number of hydrogen-bond acceptors (Lipinski definition) is 2. The quantitative estimate of drug-likeness (QED) is 0.495. The smallest absolute Gasteiger partial charge is 0.169 e. The third-order valence-electron chi connectivity index (χ3n) is 3.47. The van der Waals surface area contributed by atoms with Gasteiger partial charge in [0, 0.05) is 9.79 Å². The van der Waals surface area contributed by atoms with E-state index in [0.717, 1.165) is 36.4 Å². The molecular weight excluding hydrogens is 358 g/mol. The van der Waals surface area contributed by atoms with Crippen LogP contribution in [0.5, 0.6) is 0 Å². The fourth-order valence-corrected chi connectivity index (χ4v) is 3.15. The van der Waals surface area contributed by atoms with Gasteiger partial charge < -0.3 is 0 Å². The molecule has 0 heterocycles. The monoisotopic (exact) mass is 368 g/mol. The first kappa shape index (κ1) is 18.1. The van der Waals surface area contributed by atoms with E-state index in [1.54, 1.807) is 0 Å². The molecule has 0 aliphatic rings. The van der Waals surface area contributed by atoms with Crippen molar-refractivity contribution in [1.29, 1.82) is 0 Å². The summed E-state index contributed by atoms with van der Waals surface area (Å²) >= 11 is 7.63. The van der Waals surface area contributed by atoms with Gasteiger partial charge in [0.15, 0.2) is 0 Å². The predicted octanol–water partition coefficient (Wildman–Crippen LogP) is 5.67. The molecule has 0 aromatic heterocycles.